The molecule has 1 aliphatic heterocycles. The summed E-state index contributed by atoms with van der Waals surface area (Å²) in [5.74, 6) is -0.674. The van der Waals surface area contributed by atoms with Crippen LogP contribution in [0.2, 0.25) is 0 Å². The lowest BCUT2D eigenvalue weighted by Crippen LogP contribution is -2.37. The number of ether oxygens (including phenoxy) is 1. The van der Waals surface area contributed by atoms with E-state index in [4.69, 9.17) is 10.5 Å². The molecule has 5 nitrogen and oxygen atoms in total. The van der Waals surface area contributed by atoms with E-state index >= 15 is 0 Å². The van der Waals surface area contributed by atoms with Gasteiger partial charge in [-0.25, -0.2) is 4.79 Å². The van der Waals surface area contributed by atoms with Crippen molar-refractivity contribution in [3.8, 4) is 0 Å². The second kappa shape index (κ2) is 5.18. The highest BCUT2D eigenvalue weighted by Crippen LogP contribution is 2.20. The molecule has 18 heavy (non-hydrogen) atoms. The minimum Gasteiger partial charge on any atom is -0.465 e. The average Bonchev–Trinajstić information content (AvgIpc) is 2.36. The fourth-order valence-corrected chi connectivity index (χ4v) is 2.22. The van der Waals surface area contributed by atoms with Crippen LogP contribution in [-0.4, -0.2) is 37.0 Å². The van der Waals surface area contributed by atoms with Gasteiger partial charge in [-0.15, -0.1) is 0 Å². The van der Waals surface area contributed by atoms with Crippen molar-refractivity contribution in [1.29, 1.82) is 0 Å². The molecule has 0 fully saturated rings. The van der Waals surface area contributed by atoms with Gasteiger partial charge in [0.05, 0.1) is 19.2 Å². The third-order valence-corrected chi connectivity index (χ3v) is 3.10. The molecule has 0 unspecified atom stereocenters. The van der Waals surface area contributed by atoms with E-state index in [1.54, 1.807) is 6.07 Å². The highest BCUT2D eigenvalue weighted by molar-refractivity contribution is 5.89. The van der Waals surface area contributed by atoms with E-state index in [0.717, 1.165) is 18.5 Å². The Kier molecular flexibility index (Phi) is 3.62. The van der Waals surface area contributed by atoms with Gasteiger partial charge < -0.3 is 10.5 Å². The lowest BCUT2D eigenvalue weighted by atomic mass is 9.97. The molecule has 0 spiro atoms. The van der Waals surface area contributed by atoms with Gasteiger partial charge in [0.2, 0.25) is 5.91 Å². The van der Waals surface area contributed by atoms with Crippen LogP contribution in [0.1, 0.15) is 21.5 Å². The SMILES string of the molecule is COC(=O)c1ccc2c(c1)CN(CC(N)=O)CC2. The third-order valence-electron chi connectivity index (χ3n) is 3.10. The Hall–Kier alpha value is -1.88. The predicted octanol–water partition coefficient (Wildman–Crippen LogP) is 0.317. The smallest absolute Gasteiger partial charge is 0.337 e. The predicted molar refractivity (Wildman–Crippen MR) is 66.0 cm³/mol. The summed E-state index contributed by atoms with van der Waals surface area (Å²) in [4.78, 5) is 24.3. The molecular weight excluding hydrogens is 232 g/mol. The summed E-state index contributed by atoms with van der Waals surface area (Å²) in [6.45, 7) is 1.71. The number of carbonyl (C=O) groups is 2. The van der Waals surface area contributed by atoms with E-state index in [-0.39, 0.29) is 18.4 Å². The van der Waals surface area contributed by atoms with Crippen LogP contribution in [0, 0.1) is 0 Å². The number of amides is 1. The van der Waals surface area contributed by atoms with E-state index in [9.17, 15) is 9.59 Å². The van der Waals surface area contributed by atoms with E-state index in [0.29, 0.717) is 12.1 Å². The first kappa shape index (κ1) is 12.6. The third kappa shape index (κ3) is 2.68. The van der Waals surface area contributed by atoms with Crippen LogP contribution in [0.25, 0.3) is 0 Å². The van der Waals surface area contributed by atoms with Crippen LogP contribution in [0.3, 0.4) is 0 Å². The molecular formula is C13H16N2O3. The number of hydrogen-bond donors (Lipinski definition) is 1. The zero-order valence-corrected chi connectivity index (χ0v) is 10.3. The first-order valence-electron chi connectivity index (χ1n) is 5.81. The average molecular weight is 248 g/mol. The largest absolute Gasteiger partial charge is 0.465 e. The number of esters is 1. The molecule has 1 aromatic carbocycles. The van der Waals surface area contributed by atoms with Crippen LogP contribution in [-0.2, 0) is 22.5 Å². The van der Waals surface area contributed by atoms with Gasteiger partial charge in [-0.05, 0) is 29.7 Å². The van der Waals surface area contributed by atoms with Crippen molar-refractivity contribution in [2.24, 2.45) is 5.73 Å². The number of methoxy groups -OCH3 is 1. The fourth-order valence-electron chi connectivity index (χ4n) is 2.22. The van der Waals surface area contributed by atoms with E-state index in [1.807, 2.05) is 17.0 Å². The van der Waals surface area contributed by atoms with Crippen molar-refractivity contribution >= 4 is 11.9 Å². The van der Waals surface area contributed by atoms with Crippen molar-refractivity contribution in [3.63, 3.8) is 0 Å². The van der Waals surface area contributed by atoms with E-state index in [1.165, 1.54) is 12.7 Å². The number of nitrogens with zero attached hydrogens (tertiary/aromatic N) is 1. The molecule has 0 atom stereocenters. The number of nitrogens with two attached hydrogens (primary N) is 1. The Morgan fingerprint density at radius 3 is 2.83 bits per heavy atom. The van der Waals surface area contributed by atoms with Gasteiger partial charge >= 0.3 is 5.97 Å². The van der Waals surface area contributed by atoms with Gasteiger partial charge in [0.15, 0.2) is 0 Å². The molecule has 1 aliphatic rings. The van der Waals surface area contributed by atoms with Gasteiger partial charge in [-0.1, -0.05) is 6.07 Å². The van der Waals surface area contributed by atoms with Gasteiger partial charge in [-0.3, -0.25) is 9.69 Å². The van der Waals surface area contributed by atoms with E-state index in [2.05, 4.69) is 0 Å². The molecule has 1 aromatic rings. The minimum absolute atomic E-state index is 0.252. The van der Waals surface area contributed by atoms with Crippen molar-refractivity contribution < 1.29 is 14.3 Å². The molecule has 96 valence electrons. The van der Waals surface area contributed by atoms with Crippen LogP contribution < -0.4 is 5.73 Å². The van der Waals surface area contributed by atoms with Crippen molar-refractivity contribution in [2.75, 3.05) is 20.2 Å². The first-order chi connectivity index (χ1) is 8.60. The first-order valence-corrected chi connectivity index (χ1v) is 5.81. The number of benzene rings is 1. The van der Waals surface area contributed by atoms with Gasteiger partial charge in [0.25, 0.3) is 0 Å². The van der Waals surface area contributed by atoms with Crippen LogP contribution in [0.5, 0.6) is 0 Å². The summed E-state index contributed by atoms with van der Waals surface area (Å²) in [5.41, 5.74) is 8.00. The molecule has 0 saturated heterocycles. The topological polar surface area (TPSA) is 72.6 Å². The molecule has 1 amide bonds. The summed E-state index contributed by atoms with van der Waals surface area (Å²) in [5, 5.41) is 0. The summed E-state index contributed by atoms with van der Waals surface area (Å²) >= 11 is 0. The molecule has 2 rings (SSSR count). The maximum Gasteiger partial charge on any atom is 0.337 e. The Labute approximate surface area is 106 Å². The number of fused-ring (bicyclic) bond motifs is 1. The fraction of sp³-hybridized carbons (Fsp3) is 0.385. The molecule has 2 N–H and O–H groups in total. The molecule has 0 aliphatic carbocycles. The molecule has 0 bridgehead atoms. The van der Waals surface area contributed by atoms with Crippen molar-refractivity contribution in [1.82, 2.24) is 4.90 Å². The van der Waals surface area contributed by atoms with Gasteiger partial charge in [-0.2, -0.15) is 0 Å². The van der Waals surface area contributed by atoms with Gasteiger partial charge in [0.1, 0.15) is 0 Å². The quantitative estimate of drug-likeness (QED) is 0.782. The normalized spacial score (nSPS) is 14.9. The zero-order valence-electron chi connectivity index (χ0n) is 10.3. The number of rotatable bonds is 3. The minimum atomic E-state index is -0.343. The van der Waals surface area contributed by atoms with E-state index < -0.39 is 0 Å². The monoisotopic (exact) mass is 248 g/mol. The second-order valence-corrected chi connectivity index (χ2v) is 4.40. The summed E-state index contributed by atoms with van der Waals surface area (Å²) in [7, 11) is 1.36. The summed E-state index contributed by atoms with van der Waals surface area (Å²) in [6.07, 6.45) is 0.865. The second-order valence-electron chi connectivity index (χ2n) is 4.40. The van der Waals surface area contributed by atoms with Crippen molar-refractivity contribution in [2.45, 2.75) is 13.0 Å². The number of hydrogen-bond acceptors (Lipinski definition) is 4. The standard InChI is InChI=1S/C13H16N2O3/c1-18-13(17)10-3-2-9-4-5-15(8-12(14)16)7-11(9)6-10/h2-3,6H,4-5,7-8H2,1H3,(H2,14,16). The highest BCUT2D eigenvalue weighted by atomic mass is 16.5. The van der Waals surface area contributed by atoms with Crippen LogP contribution >= 0.6 is 0 Å². The lowest BCUT2D eigenvalue weighted by Gasteiger charge is -2.27. The molecule has 0 aromatic heterocycles. The molecule has 1 heterocycles. The Morgan fingerprint density at radius 1 is 1.39 bits per heavy atom. The zero-order chi connectivity index (χ0) is 13.1. The Balaban J connectivity index is 2.19. The highest BCUT2D eigenvalue weighted by Gasteiger charge is 2.19. The Morgan fingerprint density at radius 2 is 2.17 bits per heavy atom. The molecule has 5 heteroatoms. The molecule has 0 radical (unpaired) electrons. The number of carbonyl (C=O) groups excluding carboxylic acids is 2. The van der Waals surface area contributed by atoms with Gasteiger partial charge in [0, 0.05) is 13.1 Å². The number of primary amides is 1. The van der Waals surface area contributed by atoms with Crippen LogP contribution in [0.15, 0.2) is 18.2 Å². The van der Waals surface area contributed by atoms with Crippen molar-refractivity contribution in [3.05, 3.63) is 34.9 Å². The Bertz CT molecular complexity index is 485. The molecule has 0 saturated carbocycles. The maximum atomic E-state index is 11.4. The summed E-state index contributed by atoms with van der Waals surface area (Å²) < 4.78 is 4.69. The summed E-state index contributed by atoms with van der Waals surface area (Å²) in [6, 6.07) is 5.55. The maximum absolute atomic E-state index is 11.4. The van der Waals surface area contributed by atoms with Crippen LogP contribution in [0.4, 0.5) is 0 Å². The lowest BCUT2D eigenvalue weighted by molar-refractivity contribution is -0.119.